The van der Waals surface area contributed by atoms with Gasteiger partial charge in [0.25, 0.3) is 11.5 Å². The molecule has 0 aliphatic carbocycles. The average molecular weight is 522 g/mol. The number of carbonyl (C=O) groups is 2. The van der Waals surface area contributed by atoms with Crippen molar-refractivity contribution in [1.82, 2.24) is 9.88 Å². The zero-order valence-corrected chi connectivity index (χ0v) is 20.5. The third-order valence-corrected chi connectivity index (χ3v) is 6.54. The fourth-order valence-corrected chi connectivity index (χ4v) is 4.61. The monoisotopic (exact) mass is 521 g/mol. The third-order valence-electron chi connectivity index (χ3n) is 5.16. The van der Waals surface area contributed by atoms with Crippen LogP contribution in [-0.2, 0) is 4.74 Å². The molecule has 1 aromatic carbocycles. The molecule has 0 bridgehead atoms. The van der Waals surface area contributed by atoms with E-state index in [9.17, 15) is 14.4 Å². The van der Waals surface area contributed by atoms with E-state index in [0.29, 0.717) is 20.6 Å². The van der Waals surface area contributed by atoms with Gasteiger partial charge < -0.3 is 14.8 Å². The molecule has 1 atom stereocenters. The summed E-state index contributed by atoms with van der Waals surface area (Å²) in [6, 6.07) is 11.9. The fraction of sp³-hybridized carbons (Fsp3) is 0.261. The topological polar surface area (TPSA) is 89.9 Å². The molecule has 1 N–H and O–H groups in total. The Morgan fingerprint density at radius 2 is 2.09 bits per heavy atom. The number of benzene rings is 1. The van der Waals surface area contributed by atoms with Gasteiger partial charge in [-0.2, -0.15) is 0 Å². The summed E-state index contributed by atoms with van der Waals surface area (Å²) in [6.45, 7) is 2.55. The second-order valence-electron chi connectivity index (χ2n) is 7.49. The van der Waals surface area contributed by atoms with E-state index in [2.05, 4.69) is 5.32 Å². The minimum atomic E-state index is -0.501. The van der Waals surface area contributed by atoms with Gasteiger partial charge in [0.1, 0.15) is 12.7 Å². The van der Waals surface area contributed by atoms with Crippen molar-refractivity contribution in [3.63, 3.8) is 0 Å². The second kappa shape index (κ2) is 10.5. The summed E-state index contributed by atoms with van der Waals surface area (Å²) in [4.78, 5) is 39.4. The molecule has 1 saturated heterocycles. The maximum absolute atomic E-state index is 12.8. The Balaban J connectivity index is 1.45. The molecule has 2 amide bonds. The van der Waals surface area contributed by atoms with Crippen LogP contribution in [0.4, 0.5) is 10.5 Å². The number of nitrogens with one attached hydrogen (secondary N) is 1. The molecule has 0 saturated carbocycles. The molecule has 4 rings (SSSR count). The van der Waals surface area contributed by atoms with Crippen LogP contribution in [0, 0.1) is 6.92 Å². The third kappa shape index (κ3) is 5.22. The Bertz CT molecular complexity index is 1280. The predicted molar refractivity (Wildman–Crippen MR) is 132 cm³/mol. The Morgan fingerprint density at radius 1 is 1.26 bits per heavy atom. The molecule has 1 aliphatic heterocycles. The number of cyclic esters (lactones) is 1. The molecule has 0 unspecified atom stereocenters. The molecular formula is C23H21Cl2N3O5S. The number of nitrogens with zero attached hydrogens (tertiary/aromatic N) is 2. The van der Waals surface area contributed by atoms with Crippen LogP contribution in [0.25, 0.3) is 5.69 Å². The number of pyridine rings is 1. The van der Waals surface area contributed by atoms with E-state index in [1.54, 1.807) is 42.6 Å². The van der Waals surface area contributed by atoms with Crippen molar-refractivity contribution in [1.29, 1.82) is 0 Å². The number of hydrogen-bond acceptors (Lipinski definition) is 6. The first-order valence-corrected chi connectivity index (χ1v) is 12.1. The molecule has 1 aliphatic rings. The highest BCUT2D eigenvalue weighted by molar-refractivity contribution is 7.18. The van der Waals surface area contributed by atoms with Gasteiger partial charge in [-0.3, -0.25) is 19.1 Å². The number of ether oxygens (including phenoxy) is 2. The first-order chi connectivity index (χ1) is 16.4. The first kappa shape index (κ1) is 24.1. The lowest BCUT2D eigenvalue weighted by atomic mass is 10.1. The van der Waals surface area contributed by atoms with Crippen LogP contribution >= 0.6 is 34.5 Å². The standard InChI is InChI=1S/C23H21Cl2N3O5S/c1-14-11-15(4-5-17(14)27-9-2-3-18(22(27)30)32-10-8-24)28-13-16(33-23(28)31)12-26-21(29)19-6-7-20(25)34-19/h2-7,9,11,16H,8,10,12-13H2,1H3,(H,26,29)/t16-/m0/s1. The van der Waals surface area contributed by atoms with E-state index >= 15 is 0 Å². The summed E-state index contributed by atoms with van der Waals surface area (Å²) >= 11 is 12.7. The van der Waals surface area contributed by atoms with Gasteiger partial charge in [0.2, 0.25) is 0 Å². The van der Waals surface area contributed by atoms with Gasteiger partial charge in [-0.25, -0.2) is 4.79 Å². The summed E-state index contributed by atoms with van der Waals surface area (Å²) < 4.78 is 12.8. The van der Waals surface area contributed by atoms with Crippen LogP contribution in [0.1, 0.15) is 15.2 Å². The lowest BCUT2D eigenvalue weighted by Crippen LogP contribution is -2.34. The van der Waals surface area contributed by atoms with E-state index in [-0.39, 0.29) is 42.8 Å². The predicted octanol–water partition coefficient (Wildman–Crippen LogP) is 4.23. The van der Waals surface area contributed by atoms with Crippen molar-refractivity contribution >= 4 is 52.2 Å². The Kier molecular flexibility index (Phi) is 7.45. The van der Waals surface area contributed by atoms with Gasteiger partial charge in [-0.15, -0.1) is 22.9 Å². The van der Waals surface area contributed by atoms with Crippen molar-refractivity contribution in [2.75, 3.05) is 30.5 Å². The molecule has 34 heavy (non-hydrogen) atoms. The molecule has 0 spiro atoms. The van der Waals surface area contributed by atoms with Crippen molar-refractivity contribution in [2.45, 2.75) is 13.0 Å². The maximum Gasteiger partial charge on any atom is 0.414 e. The molecule has 3 aromatic rings. The van der Waals surface area contributed by atoms with Gasteiger partial charge in [-0.1, -0.05) is 11.6 Å². The average Bonchev–Trinajstić information content (AvgIpc) is 3.42. The highest BCUT2D eigenvalue weighted by Gasteiger charge is 2.33. The minimum Gasteiger partial charge on any atom is -0.487 e. The largest absolute Gasteiger partial charge is 0.487 e. The zero-order chi connectivity index (χ0) is 24.2. The Labute approximate surface area is 209 Å². The SMILES string of the molecule is Cc1cc(N2C[C@H](CNC(=O)c3ccc(Cl)s3)OC2=O)ccc1-n1cccc(OCCCl)c1=O. The number of halogens is 2. The molecule has 2 aromatic heterocycles. The first-order valence-electron chi connectivity index (χ1n) is 10.4. The van der Waals surface area contributed by atoms with E-state index in [0.717, 1.165) is 5.56 Å². The van der Waals surface area contributed by atoms with E-state index < -0.39 is 12.2 Å². The Hall–Kier alpha value is -3.01. The quantitative estimate of drug-likeness (QED) is 0.448. The van der Waals surface area contributed by atoms with Gasteiger partial charge in [0, 0.05) is 11.9 Å². The summed E-state index contributed by atoms with van der Waals surface area (Å²) in [5.41, 5.74) is 1.78. The molecule has 0 radical (unpaired) electrons. The number of thiophene rings is 1. The number of hydrogen-bond donors (Lipinski definition) is 1. The summed E-state index contributed by atoms with van der Waals surface area (Å²) in [5, 5.41) is 2.77. The number of aromatic nitrogens is 1. The van der Waals surface area contributed by atoms with Crippen LogP contribution in [0.2, 0.25) is 4.34 Å². The number of rotatable bonds is 8. The minimum absolute atomic E-state index is 0.179. The maximum atomic E-state index is 12.8. The summed E-state index contributed by atoms with van der Waals surface area (Å²) in [6.07, 6.45) is 0.658. The zero-order valence-electron chi connectivity index (χ0n) is 18.1. The normalized spacial score (nSPS) is 15.3. The smallest absolute Gasteiger partial charge is 0.414 e. The van der Waals surface area contributed by atoms with E-state index in [4.69, 9.17) is 32.7 Å². The van der Waals surface area contributed by atoms with Crippen LogP contribution in [0.15, 0.2) is 53.5 Å². The van der Waals surface area contributed by atoms with Gasteiger partial charge in [-0.05, 0) is 55.0 Å². The second-order valence-corrected chi connectivity index (χ2v) is 9.58. The van der Waals surface area contributed by atoms with Crippen molar-refractivity contribution < 1.29 is 19.1 Å². The number of alkyl halides is 1. The van der Waals surface area contributed by atoms with E-state index in [1.165, 1.54) is 20.8 Å². The summed E-state index contributed by atoms with van der Waals surface area (Å²) in [7, 11) is 0. The fourth-order valence-electron chi connectivity index (χ4n) is 3.57. The molecular weight excluding hydrogens is 501 g/mol. The highest BCUT2D eigenvalue weighted by atomic mass is 35.5. The van der Waals surface area contributed by atoms with Crippen LogP contribution in [-0.4, -0.2) is 48.2 Å². The van der Waals surface area contributed by atoms with Crippen LogP contribution < -0.4 is 20.5 Å². The van der Waals surface area contributed by atoms with Crippen molar-refractivity contribution in [2.24, 2.45) is 0 Å². The number of aryl methyl sites for hydroxylation is 1. The van der Waals surface area contributed by atoms with Gasteiger partial charge >= 0.3 is 6.09 Å². The van der Waals surface area contributed by atoms with Gasteiger partial charge in [0.05, 0.1) is 33.9 Å². The van der Waals surface area contributed by atoms with Crippen molar-refractivity contribution in [3.8, 4) is 11.4 Å². The van der Waals surface area contributed by atoms with Crippen LogP contribution in [0.5, 0.6) is 5.75 Å². The molecule has 11 heteroatoms. The lowest BCUT2D eigenvalue weighted by molar-refractivity contribution is 0.0920. The molecule has 3 heterocycles. The highest BCUT2D eigenvalue weighted by Crippen LogP contribution is 2.26. The molecule has 178 valence electrons. The molecule has 1 fully saturated rings. The van der Waals surface area contributed by atoms with Crippen LogP contribution in [0.3, 0.4) is 0 Å². The number of amides is 2. The summed E-state index contributed by atoms with van der Waals surface area (Å²) in [5.74, 6) is 0.222. The lowest BCUT2D eigenvalue weighted by Gasteiger charge is -2.17. The molecule has 8 nitrogen and oxygen atoms in total. The van der Waals surface area contributed by atoms with Gasteiger partial charge in [0.15, 0.2) is 5.75 Å². The number of carbonyl (C=O) groups excluding carboxylic acids is 2. The van der Waals surface area contributed by atoms with E-state index in [1.807, 2.05) is 13.0 Å². The van der Waals surface area contributed by atoms with Crippen molar-refractivity contribution in [3.05, 3.63) is 73.8 Å². The number of anilines is 1. The Morgan fingerprint density at radius 3 is 2.79 bits per heavy atom.